The van der Waals surface area contributed by atoms with Crippen molar-refractivity contribution < 1.29 is 9.90 Å². The van der Waals surface area contributed by atoms with E-state index in [1.54, 1.807) is 0 Å². The van der Waals surface area contributed by atoms with Gasteiger partial charge in [-0.15, -0.1) is 0 Å². The Morgan fingerprint density at radius 2 is 2.25 bits per heavy atom. The molecular formula is C13H20N4O2S. The molecule has 1 aromatic heterocycles. The van der Waals surface area contributed by atoms with Crippen LogP contribution >= 0.6 is 11.5 Å². The van der Waals surface area contributed by atoms with Crippen LogP contribution < -0.4 is 16.0 Å². The third-order valence-electron chi connectivity index (χ3n) is 3.99. The summed E-state index contributed by atoms with van der Waals surface area (Å²) >= 11 is 1.27. The number of aliphatic hydroxyl groups is 1. The normalized spacial score (nSPS) is 26.6. The maximum absolute atomic E-state index is 12.3. The van der Waals surface area contributed by atoms with Crippen molar-refractivity contribution in [3.05, 3.63) is 5.56 Å². The second-order valence-electron chi connectivity index (χ2n) is 5.78. The molecule has 2 unspecified atom stereocenters. The molecule has 7 heteroatoms. The SMILES string of the molecule is CC1CN(c2snc(N)c2C(=O)NC2CC2)CCC1O. The predicted molar refractivity (Wildman–Crippen MR) is 79.0 cm³/mol. The standard InChI is InChI=1S/C13H20N4O2S/c1-7-6-17(5-4-9(7)18)13-10(11(14)16-20-13)12(19)15-8-2-3-8/h7-9,18H,2-6H2,1H3,(H2,14,16)(H,15,19). The van der Waals surface area contributed by atoms with E-state index in [0.717, 1.165) is 30.9 Å². The van der Waals surface area contributed by atoms with Gasteiger partial charge in [-0.25, -0.2) is 0 Å². The van der Waals surface area contributed by atoms with Crippen LogP contribution in [0.3, 0.4) is 0 Å². The molecule has 1 aromatic rings. The zero-order valence-corrected chi connectivity index (χ0v) is 12.3. The third kappa shape index (κ3) is 2.60. The minimum atomic E-state index is -0.264. The Balaban J connectivity index is 1.80. The second kappa shape index (κ2) is 5.21. The fourth-order valence-corrected chi connectivity index (χ4v) is 3.37. The molecule has 1 amide bonds. The number of nitrogen functional groups attached to an aromatic ring is 1. The maximum Gasteiger partial charge on any atom is 0.258 e. The van der Waals surface area contributed by atoms with Gasteiger partial charge in [0.1, 0.15) is 10.6 Å². The van der Waals surface area contributed by atoms with Gasteiger partial charge < -0.3 is 21.1 Å². The lowest BCUT2D eigenvalue weighted by Crippen LogP contribution is -2.42. The molecule has 0 aromatic carbocycles. The van der Waals surface area contributed by atoms with Crippen LogP contribution in [0.4, 0.5) is 10.8 Å². The summed E-state index contributed by atoms with van der Waals surface area (Å²) in [5, 5.41) is 13.6. The summed E-state index contributed by atoms with van der Waals surface area (Å²) in [5.41, 5.74) is 6.37. The summed E-state index contributed by atoms with van der Waals surface area (Å²) in [6.07, 6.45) is 2.54. The van der Waals surface area contributed by atoms with Gasteiger partial charge in [0.15, 0.2) is 5.82 Å². The lowest BCUT2D eigenvalue weighted by Gasteiger charge is -2.35. The molecule has 1 saturated carbocycles. The number of nitrogens with two attached hydrogens (primary N) is 1. The van der Waals surface area contributed by atoms with Crippen molar-refractivity contribution in [1.82, 2.24) is 9.69 Å². The Morgan fingerprint density at radius 3 is 2.90 bits per heavy atom. The summed E-state index contributed by atoms with van der Waals surface area (Å²) in [6, 6.07) is 0.303. The van der Waals surface area contributed by atoms with Crippen molar-refractivity contribution in [3.8, 4) is 0 Å². The molecule has 0 bridgehead atoms. The van der Waals surface area contributed by atoms with Crippen molar-refractivity contribution >= 4 is 28.3 Å². The fraction of sp³-hybridized carbons (Fsp3) is 0.692. The van der Waals surface area contributed by atoms with Gasteiger partial charge in [-0.05, 0) is 36.7 Å². The molecule has 1 saturated heterocycles. The van der Waals surface area contributed by atoms with Crippen molar-refractivity contribution in [2.45, 2.75) is 38.3 Å². The van der Waals surface area contributed by atoms with E-state index in [4.69, 9.17) is 5.73 Å². The highest BCUT2D eigenvalue weighted by Crippen LogP contribution is 2.34. The summed E-state index contributed by atoms with van der Waals surface area (Å²) in [7, 11) is 0. The number of hydrogen-bond acceptors (Lipinski definition) is 6. The molecule has 3 rings (SSSR count). The van der Waals surface area contributed by atoms with Crippen LogP contribution in [-0.4, -0.2) is 40.6 Å². The largest absolute Gasteiger partial charge is 0.393 e. The van der Waals surface area contributed by atoms with E-state index in [-0.39, 0.29) is 17.9 Å². The number of aliphatic hydroxyl groups excluding tert-OH is 1. The van der Waals surface area contributed by atoms with E-state index in [9.17, 15) is 9.90 Å². The van der Waals surface area contributed by atoms with Crippen LogP contribution in [0.25, 0.3) is 0 Å². The van der Waals surface area contributed by atoms with Crippen LogP contribution in [0.2, 0.25) is 0 Å². The summed E-state index contributed by atoms with van der Waals surface area (Å²) < 4.78 is 4.14. The first kappa shape index (κ1) is 13.6. The molecule has 0 spiro atoms. The van der Waals surface area contributed by atoms with Gasteiger partial charge in [-0.3, -0.25) is 4.79 Å². The molecule has 0 radical (unpaired) electrons. The highest BCUT2D eigenvalue weighted by molar-refractivity contribution is 7.11. The molecule has 2 atom stereocenters. The monoisotopic (exact) mass is 296 g/mol. The van der Waals surface area contributed by atoms with Gasteiger partial charge in [-0.2, -0.15) is 4.37 Å². The number of anilines is 2. The van der Waals surface area contributed by atoms with E-state index in [1.807, 2.05) is 6.92 Å². The van der Waals surface area contributed by atoms with Gasteiger partial charge in [0.05, 0.1) is 6.10 Å². The Bertz CT molecular complexity index is 514. The molecular weight excluding hydrogens is 276 g/mol. The quantitative estimate of drug-likeness (QED) is 0.768. The Morgan fingerprint density at radius 1 is 1.50 bits per heavy atom. The van der Waals surface area contributed by atoms with Crippen LogP contribution in [-0.2, 0) is 0 Å². The predicted octanol–water partition coefficient (Wildman–Crippen LogP) is 0.825. The maximum atomic E-state index is 12.3. The number of rotatable bonds is 3. The lowest BCUT2D eigenvalue weighted by molar-refractivity contribution is 0.0947. The molecule has 2 heterocycles. The van der Waals surface area contributed by atoms with Crippen LogP contribution in [0.5, 0.6) is 0 Å². The topological polar surface area (TPSA) is 91.5 Å². The highest BCUT2D eigenvalue weighted by Gasteiger charge is 2.32. The lowest BCUT2D eigenvalue weighted by atomic mass is 9.97. The molecule has 110 valence electrons. The van der Waals surface area contributed by atoms with E-state index in [1.165, 1.54) is 11.5 Å². The fourth-order valence-electron chi connectivity index (χ4n) is 2.53. The Hall–Kier alpha value is -1.34. The van der Waals surface area contributed by atoms with Crippen molar-refractivity contribution in [1.29, 1.82) is 0 Å². The van der Waals surface area contributed by atoms with Crippen molar-refractivity contribution in [3.63, 3.8) is 0 Å². The number of carbonyl (C=O) groups excluding carboxylic acids is 1. The zero-order chi connectivity index (χ0) is 14.3. The third-order valence-corrected chi connectivity index (χ3v) is 4.91. The summed E-state index contributed by atoms with van der Waals surface area (Å²) in [4.78, 5) is 14.4. The number of hydrogen-bond donors (Lipinski definition) is 3. The number of aromatic nitrogens is 1. The first-order valence-corrected chi connectivity index (χ1v) is 7.82. The molecule has 4 N–H and O–H groups in total. The van der Waals surface area contributed by atoms with Gasteiger partial charge in [0.25, 0.3) is 5.91 Å². The van der Waals surface area contributed by atoms with Crippen molar-refractivity contribution in [2.24, 2.45) is 5.92 Å². The van der Waals surface area contributed by atoms with Gasteiger partial charge in [-0.1, -0.05) is 6.92 Å². The first-order valence-electron chi connectivity index (χ1n) is 7.05. The Labute approximate surface area is 122 Å². The number of amides is 1. The highest BCUT2D eigenvalue weighted by atomic mass is 32.1. The summed E-state index contributed by atoms with van der Waals surface area (Å²) in [5.74, 6) is 0.376. The van der Waals surface area contributed by atoms with E-state index < -0.39 is 0 Å². The van der Waals surface area contributed by atoms with Gasteiger partial charge >= 0.3 is 0 Å². The Kier molecular flexibility index (Phi) is 3.55. The number of piperidine rings is 1. The molecule has 2 fully saturated rings. The van der Waals surface area contributed by atoms with E-state index in [0.29, 0.717) is 23.8 Å². The van der Waals surface area contributed by atoms with Crippen LogP contribution in [0.15, 0.2) is 0 Å². The molecule has 2 aliphatic rings. The molecule has 6 nitrogen and oxygen atoms in total. The molecule has 20 heavy (non-hydrogen) atoms. The summed E-state index contributed by atoms with van der Waals surface area (Å²) in [6.45, 7) is 3.48. The van der Waals surface area contributed by atoms with Crippen LogP contribution in [0.1, 0.15) is 36.5 Å². The number of carbonyl (C=O) groups is 1. The molecule has 1 aliphatic carbocycles. The average molecular weight is 296 g/mol. The van der Waals surface area contributed by atoms with E-state index >= 15 is 0 Å². The van der Waals surface area contributed by atoms with Gasteiger partial charge in [0, 0.05) is 19.1 Å². The first-order chi connectivity index (χ1) is 9.56. The number of nitrogens with one attached hydrogen (secondary N) is 1. The van der Waals surface area contributed by atoms with E-state index in [2.05, 4.69) is 14.6 Å². The smallest absolute Gasteiger partial charge is 0.258 e. The minimum absolute atomic E-state index is 0.118. The average Bonchev–Trinajstić information content (AvgIpc) is 3.13. The van der Waals surface area contributed by atoms with Crippen LogP contribution in [0, 0.1) is 5.92 Å². The minimum Gasteiger partial charge on any atom is -0.393 e. The van der Waals surface area contributed by atoms with Gasteiger partial charge in [0.2, 0.25) is 0 Å². The molecule has 1 aliphatic heterocycles. The number of nitrogens with zero attached hydrogens (tertiary/aromatic N) is 2. The van der Waals surface area contributed by atoms with Crippen molar-refractivity contribution in [2.75, 3.05) is 23.7 Å². The second-order valence-corrected chi connectivity index (χ2v) is 6.53. The zero-order valence-electron chi connectivity index (χ0n) is 11.5.